The monoisotopic (exact) mass is 325 g/mol. The van der Waals surface area contributed by atoms with Crippen LogP contribution in [0, 0.1) is 0 Å². The van der Waals surface area contributed by atoms with Crippen molar-refractivity contribution in [1.29, 1.82) is 0 Å². The Morgan fingerprint density at radius 3 is 2.62 bits per heavy atom. The molecule has 0 atom stereocenters. The van der Waals surface area contributed by atoms with Crippen molar-refractivity contribution in [1.82, 2.24) is 10.3 Å². The second-order valence-electron chi connectivity index (χ2n) is 5.89. The largest absolute Gasteiger partial charge is 0.366 e. The first-order valence-electron chi connectivity index (χ1n) is 8.76. The summed E-state index contributed by atoms with van der Waals surface area (Å²) < 4.78 is 0. The van der Waals surface area contributed by atoms with Crippen molar-refractivity contribution in [2.24, 2.45) is 0 Å². The van der Waals surface area contributed by atoms with Gasteiger partial charge in [-0.1, -0.05) is 50.1 Å². The topological polar surface area (TPSA) is 45.2 Å². The average molecular weight is 325 g/mol. The number of unbranched alkanes of at least 4 members (excludes halogenated alkanes) is 2. The van der Waals surface area contributed by atoms with Gasteiger partial charge in [0.05, 0.1) is 17.4 Å². The zero-order valence-corrected chi connectivity index (χ0v) is 14.7. The van der Waals surface area contributed by atoms with Gasteiger partial charge in [-0.3, -0.25) is 9.78 Å². The number of hydrogen-bond donors (Lipinski definition) is 1. The summed E-state index contributed by atoms with van der Waals surface area (Å²) in [6.45, 7) is 6.65. The minimum Gasteiger partial charge on any atom is -0.366 e. The van der Waals surface area contributed by atoms with Crippen LogP contribution in [0.15, 0.2) is 48.8 Å². The van der Waals surface area contributed by atoms with Gasteiger partial charge in [0.2, 0.25) is 0 Å². The first kappa shape index (κ1) is 18.0. The standard InChI is InChI=1S/C20H27N3O/c1-3-5-9-12-22-20(24)18-13-19(15-21-14-18)23(4-2)16-17-10-7-6-8-11-17/h6-8,10-11,13-15H,3-5,9,12,16H2,1-2H3,(H,22,24). The molecule has 1 aromatic carbocycles. The molecule has 1 aromatic heterocycles. The molecule has 0 unspecified atom stereocenters. The number of rotatable bonds is 9. The van der Waals surface area contributed by atoms with Crippen LogP contribution in [0.25, 0.3) is 0 Å². The summed E-state index contributed by atoms with van der Waals surface area (Å²) in [5.41, 5.74) is 2.84. The Bertz CT molecular complexity index is 628. The molecule has 4 heteroatoms. The summed E-state index contributed by atoms with van der Waals surface area (Å²) in [7, 11) is 0. The molecule has 4 nitrogen and oxygen atoms in total. The third-order valence-electron chi connectivity index (χ3n) is 4.02. The van der Waals surface area contributed by atoms with Crippen molar-refractivity contribution in [3.63, 3.8) is 0 Å². The quantitative estimate of drug-likeness (QED) is 0.708. The summed E-state index contributed by atoms with van der Waals surface area (Å²) in [4.78, 5) is 18.7. The van der Waals surface area contributed by atoms with Crippen LogP contribution in [0.4, 0.5) is 5.69 Å². The minimum atomic E-state index is -0.0452. The molecule has 0 fully saturated rings. The zero-order valence-electron chi connectivity index (χ0n) is 14.7. The number of carbonyl (C=O) groups excluding carboxylic acids is 1. The van der Waals surface area contributed by atoms with E-state index in [1.165, 1.54) is 5.56 Å². The van der Waals surface area contributed by atoms with Gasteiger partial charge in [0, 0.05) is 25.8 Å². The molecule has 0 aliphatic carbocycles. The van der Waals surface area contributed by atoms with E-state index in [4.69, 9.17) is 0 Å². The molecule has 0 saturated carbocycles. The number of carbonyl (C=O) groups is 1. The third kappa shape index (κ3) is 5.37. The van der Waals surface area contributed by atoms with E-state index in [1.807, 2.05) is 30.5 Å². The summed E-state index contributed by atoms with van der Waals surface area (Å²) in [6.07, 6.45) is 6.76. The molecule has 0 saturated heterocycles. The Hall–Kier alpha value is -2.36. The van der Waals surface area contributed by atoms with Gasteiger partial charge in [0.1, 0.15) is 0 Å². The summed E-state index contributed by atoms with van der Waals surface area (Å²) >= 11 is 0. The number of amides is 1. The van der Waals surface area contributed by atoms with E-state index < -0.39 is 0 Å². The van der Waals surface area contributed by atoms with Gasteiger partial charge in [0.25, 0.3) is 5.91 Å². The van der Waals surface area contributed by atoms with Gasteiger partial charge in [0.15, 0.2) is 0 Å². The maximum atomic E-state index is 12.3. The highest BCUT2D eigenvalue weighted by molar-refractivity contribution is 5.94. The highest BCUT2D eigenvalue weighted by atomic mass is 16.1. The van der Waals surface area contributed by atoms with Crippen molar-refractivity contribution >= 4 is 11.6 Å². The van der Waals surface area contributed by atoms with Crippen LogP contribution in [0.5, 0.6) is 0 Å². The number of nitrogens with one attached hydrogen (secondary N) is 1. The van der Waals surface area contributed by atoms with Crippen molar-refractivity contribution in [3.05, 3.63) is 59.9 Å². The normalized spacial score (nSPS) is 10.4. The van der Waals surface area contributed by atoms with Gasteiger partial charge < -0.3 is 10.2 Å². The van der Waals surface area contributed by atoms with Gasteiger partial charge >= 0.3 is 0 Å². The maximum absolute atomic E-state index is 12.3. The molecule has 2 rings (SSSR count). The molecule has 128 valence electrons. The number of hydrogen-bond acceptors (Lipinski definition) is 3. The second-order valence-corrected chi connectivity index (χ2v) is 5.89. The van der Waals surface area contributed by atoms with Crippen molar-refractivity contribution < 1.29 is 4.79 Å². The van der Waals surface area contributed by atoms with E-state index >= 15 is 0 Å². The average Bonchev–Trinajstić information content (AvgIpc) is 2.64. The maximum Gasteiger partial charge on any atom is 0.252 e. The van der Waals surface area contributed by atoms with Crippen LogP contribution in [0.2, 0.25) is 0 Å². The van der Waals surface area contributed by atoms with Crippen LogP contribution < -0.4 is 10.2 Å². The number of anilines is 1. The van der Waals surface area contributed by atoms with Crippen LogP contribution in [-0.2, 0) is 6.54 Å². The SMILES string of the molecule is CCCCCNC(=O)c1cncc(N(CC)Cc2ccccc2)c1. The zero-order chi connectivity index (χ0) is 17.2. The first-order chi connectivity index (χ1) is 11.7. The molecule has 0 radical (unpaired) electrons. The number of nitrogens with zero attached hydrogens (tertiary/aromatic N) is 2. The minimum absolute atomic E-state index is 0.0452. The van der Waals surface area contributed by atoms with E-state index in [1.54, 1.807) is 6.20 Å². The van der Waals surface area contributed by atoms with Crippen LogP contribution in [0.3, 0.4) is 0 Å². The molecular weight excluding hydrogens is 298 g/mol. The second kappa shape index (κ2) is 9.71. The van der Waals surface area contributed by atoms with E-state index in [0.29, 0.717) is 5.56 Å². The number of pyridine rings is 1. The fourth-order valence-corrected chi connectivity index (χ4v) is 2.59. The molecule has 1 heterocycles. The molecule has 1 N–H and O–H groups in total. The summed E-state index contributed by atoms with van der Waals surface area (Å²) in [5, 5.41) is 2.97. The van der Waals surface area contributed by atoms with Crippen LogP contribution >= 0.6 is 0 Å². The number of aromatic nitrogens is 1. The van der Waals surface area contributed by atoms with E-state index in [9.17, 15) is 4.79 Å². The smallest absolute Gasteiger partial charge is 0.252 e. The van der Waals surface area contributed by atoms with Gasteiger partial charge in [-0.2, -0.15) is 0 Å². The lowest BCUT2D eigenvalue weighted by Gasteiger charge is -2.23. The Morgan fingerprint density at radius 1 is 1.12 bits per heavy atom. The fourth-order valence-electron chi connectivity index (χ4n) is 2.59. The van der Waals surface area contributed by atoms with Crippen LogP contribution in [0.1, 0.15) is 49.0 Å². The molecule has 1 amide bonds. The summed E-state index contributed by atoms with van der Waals surface area (Å²) in [6, 6.07) is 12.3. The molecule has 0 aliphatic heterocycles. The molecule has 0 aliphatic rings. The lowest BCUT2D eigenvalue weighted by atomic mass is 10.2. The number of benzene rings is 1. The van der Waals surface area contributed by atoms with Crippen molar-refractivity contribution in [3.8, 4) is 0 Å². The van der Waals surface area contributed by atoms with E-state index in [2.05, 4.69) is 41.2 Å². The van der Waals surface area contributed by atoms with Crippen LogP contribution in [-0.4, -0.2) is 24.0 Å². The molecular formula is C20H27N3O. The molecule has 0 spiro atoms. The van der Waals surface area contributed by atoms with Gasteiger partial charge in [-0.15, -0.1) is 0 Å². The fraction of sp³-hybridized carbons (Fsp3) is 0.400. The van der Waals surface area contributed by atoms with Crippen molar-refractivity contribution in [2.45, 2.75) is 39.7 Å². The Kier molecular flexibility index (Phi) is 7.27. The molecule has 2 aromatic rings. The molecule has 24 heavy (non-hydrogen) atoms. The Labute approximate surface area is 144 Å². The highest BCUT2D eigenvalue weighted by Crippen LogP contribution is 2.17. The summed E-state index contributed by atoms with van der Waals surface area (Å²) in [5.74, 6) is -0.0452. The van der Waals surface area contributed by atoms with Crippen molar-refractivity contribution in [2.75, 3.05) is 18.0 Å². The first-order valence-corrected chi connectivity index (χ1v) is 8.76. The lowest BCUT2D eigenvalue weighted by Crippen LogP contribution is -2.26. The highest BCUT2D eigenvalue weighted by Gasteiger charge is 2.10. The van der Waals surface area contributed by atoms with E-state index in [-0.39, 0.29) is 5.91 Å². The molecule has 0 bridgehead atoms. The predicted octanol–water partition coefficient (Wildman–Crippen LogP) is 4.03. The lowest BCUT2D eigenvalue weighted by molar-refractivity contribution is 0.0952. The van der Waals surface area contributed by atoms with Gasteiger partial charge in [-0.25, -0.2) is 0 Å². The predicted molar refractivity (Wildman–Crippen MR) is 99.3 cm³/mol. The Morgan fingerprint density at radius 2 is 1.92 bits per heavy atom. The third-order valence-corrected chi connectivity index (χ3v) is 4.02. The Balaban J connectivity index is 2.03. The van der Waals surface area contributed by atoms with Gasteiger partial charge in [-0.05, 0) is 25.0 Å². The van der Waals surface area contributed by atoms with E-state index in [0.717, 1.165) is 44.6 Å².